The summed E-state index contributed by atoms with van der Waals surface area (Å²) in [6.45, 7) is 15.4. The fourth-order valence-electron chi connectivity index (χ4n) is 2.41. The van der Waals surface area contributed by atoms with Crippen LogP contribution in [0.3, 0.4) is 0 Å². The van der Waals surface area contributed by atoms with Gasteiger partial charge in [0.15, 0.2) is 0 Å². The summed E-state index contributed by atoms with van der Waals surface area (Å²) in [6, 6.07) is 0. The lowest BCUT2D eigenvalue weighted by molar-refractivity contribution is 0.132. The Morgan fingerprint density at radius 2 is 1.84 bits per heavy atom. The average molecular weight is 282 g/mol. The Kier molecular flexibility index (Phi) is 5.76. The van der Waals surface area contributed by atoms with Crippen molar-refractivity contribution in [1.82, 2.24) is 20.1 Å². The van der Waals surface area contributed by atoms with E-state index in [0.29, 0.717) is 0 Å². The molecular formula is C14H26N4S. The standard InChI is InChI=1S/C14H26N4S/c1-4-15-10-13-12(3)16-14(19-13)11-18-8-6-17(5-2)7-9-18/h15H,4-11H2,1-3H3. The average Bonchev–Trinajstić information content (AvgIpc) is 2.77. The number of aryl methyl sites for hydroxylation is 1. The molecule has 4 nitrogen and oxygen atoms in total. The molecule has 0 aromatic carbocycles. The van der Waals surface area contributed by atoms with E-state index in [0.717, 1.165) is 19.6 Å². The van der Waals surface area contributed by atoms with Gasteiger partial charge in [-0.2, -0.15) is 0 Å². The van der Waals surface area contributed by atoms with Crippen LogP contribution in [0.4, 0.5) is 0 Å². The van der Waals surface area contributed by atoms with Crippen LogP contribution in [0, 0.1) is 6.92 Å². The molecule has 0 radical (unpaired) electrons. The second-order valence-corrected chi connectivity index (χ2v) is 6.28. The smallest absolute Gasteiger partial charge is 0.107 e. The molecule has 2 rings (SSSR count). The number of thiazole rings is 1. The molecule has 0 spiro atoms. The first-order chi connectivity index (χ1) is 9.22. The minimum atomic E-state index is 0.962. The van der Waals surface area contributed by atoms with Crippen LogP contribution in [0.2, 0.25) is 0 Å². The number of aromatic nitrogens is 1. The van der Waals surface area contributed by atoms with Crippen molar-refractivity contribution in [2.24, 2.45) is 0 Å². The van der Waals surface area contributed by atoms with Crippen molar-refractivity contribution < 1.29 is 0 Å². The van der Waals surface area contributed by atoms with Crippen molar-refractivity contribution in [1.29, 1.82) is 0 Å². The third-order valence-electron chi connectivity index (χ3n) is 3.74. The molecule has 2 heterocycles. The van der Waals surface area contributed by atoms with Crippen molar-refractivity contribution in [3.63, 3.8) is 0 Å². The normalized spacial score (nSPS) is 18.1. The zero-order chi connectivity index (χ0) is 13.7. The molecule has 0 bridgehead atoms. The lowest BCUT2D eigenvalue weighted by Gasteiger charge is -2.33. The van der Waals surface area contributed by atoms with Crippen LogP contribution in [-0.2, 0) is 13.1 Å². The molecule has 0 unspecified atom stereocenters. The van der Waals surface area contributed by atoms with Crippen molar-refractivity contribution >= 4 is 11.3 Å². The molecule has 0 atom stereocenters. The largest absolute Gasteiger partial charge is 0.312 e. The summed E-state index contributed by atoms with van der Waals surface area (Å²) in [7, 11) is 0. The van der Waals surface area contributed by atoms with Gasteiger partial charge in [0.2, 0.25) is 0 Å². The van der Waals surface area contributed by atoms with Crippen LogP contribution in [0.5, 0.6) is 0 Å². The highest BCUT2D eigenvalue weighted by atomic mass is 32.1. The third kappa shape index (κ3) is 4.24. The summed E-state index contributed by atoms with van der Waals surface area (Å²) >= 11 is 1.87. The number of hydrogen-bond donors (Lipinski definition) is 1. The summed E-state index contributed by atoms with van der Waals surface area (Å²) < 4.78 is 0. The molecule has 0 amide bonds. The molecule has 19 heavy (non-hydrogen) atoms. The summed E-state index contributed by atoms with van der Waals surface area (Å²) in [5.74, 6) is 0. The number of nitrogens with zero attached hydrogens (tertiary/aromatic N) is 3. The van der Waals surface area contributed by atoms with E-state index in [1.165, 1.54) is 48.3 Å². The highest BCUT2D eigenvalue weighted by molar-refractivity contribution is 7.11. The van der Waals surface area contributed by atoms with Gasteiger partial charge in [0, 0.05) is 37.6 Å². The summed E-state index contributed by atoms with van der Waals surface area (Å²) in [5, 5.41) is 4.66. The summed E-state index contributed by atoms with van der Waals surface area (Å²) in [6.07, 6.45) is 0. The van der Waals surface area contributed by atoms with Gasteiger partial charge in [-0.15, -0.1) is 11.3 Å². The summed E-state index contributed by atoms with van der Waals surface area (Å²) in [4.78, 5) is 11.2. The fraction of sp³-hybridized carbons (Fsp3) is 0.786. The Hall–Kier alpha value is -0.490. The van der Waals surface area contributed by atoms with Gasteiger partial charge in [0.1, 0.15) is 5.01 Å². The molecule has 1 fully saturated rings. The molecular weight excluding hydrogens is 256 g/mol. The van der Waals surface area contributed by atoms with Gasteiger partial charge in [-0.25, -0.2) is 4.98 Å². The van der Waals surface area contributed by atoms with E-state index < -0.39 is 0 Å². The van der Waals surface area contributed by atoms with Gasteiger partial charge in [0.25, 0.3) is 0 Å². The number of rotatable bonds is 6. The van der Waals surface area contributed by atoms with Gasteiger partial charge in [-0.3, -0.25) is 4.90 Å². The lowest BCUT2D eigenvalue weighted by atomic mass is 10.3. The van der Waals surface area contributed by atoms with Gasteiger partial charge in [-0.05, 0) is 20.0 Å². The maximum Gasteiger partial charge on any atom is 0.107 e. The Balaban J connectivity index is 1.86. The molecule has 1 aliphatic rings. The Morgan fingerprint density at radius 3 is 2.47 bits per heavy atom. The van der Waals surface area contributed by atoms with Crippen LogP contribution in [-0.4, -0.2) is 54.1 Å². The van der Waals surface area contributed by atoms with Crippen molar-refractivity contribution in [2.45, 2.75) is 33.9 Å². The quantitative estimate of drug-likeness (QED) is 0.860. The Bertz CT molecular complexity index is 383. The lowest BCUT2D eigenvalue weighted by Crippen LogP contribution is -2.45. The van der Waals surface area contributed by atoms with Gasteiger partial charge in [0.05, 0.1) is 12.2 Å². The molecule has 0 saturated carbocycles. The molecule has 1 N–H and O–H groups in total. The maximum absolute atomic E-state index is 4.72. The van der Waals surface area contributed by atoms with Crippen molar-refractivity contribution in [3.8, 4) is 0 Å². The van der Waals surface area contributed by atoms with Crippen molar-refractivity contribution in [3.05, 3.63) is 15.6 Å². The predicted molar refractivity (Wildman–Crippen MR) is 81.6 cm³/mol. The molecule has 1 saturated heterocycles. The van der Waals surface area contributed by atoms with Crippen LogP contribution < -0.4 is 5.32 Å². The highest BCUT2D eigenvalue weighted by Crippen LogP contribution is 2.20. The SMILES string of the molecule is CCNCc1sc(CN2CCN(CC)CC2)nc1C. The number of hydrogen-bond acceptors (Lipinski definition) is 5. The number of likely N-dealkylation sites (N-methyl/N-ethyl adjacent to an activating group) is 1. The van der Waals surface area contributed by atoms with Crippen LogP contribution in [0.1, 0.15) is 29.4 Å². The van der Waals surface area contributed by atoms with Gasteiger partial charge in [-0.1, -0.05) is 13.8 Å². The second kappa shape index (κ2) is 7.33. The van der Waals surface area contributed by atoms with Crippen molar-refractivity contribution in [2.75, 3.05) is 39.3 Å². The van der Waals surface area contributed by atoms with Crippen LogP contribution >= 0.6 is 11.3 Å². The molecule has 1 aromatic heterocycles. The second-order valence-electron chi connectivity index (χ2n) is 5.11. The van der Waals surface area contributed by atoms with E-state index in [1.54, 1.807) is 0 Å². The topological polar surface area (TPSA) is 31.4 Å². The number of nitrogens with one attached hydrogen (secondary N) is 1. The minimum absolute atomic E-state index is 0.962. The third-order valence-corrected chi connectivity index (χ3v) is 4.89. The van der Waals surface area contributed by atoms with E-state index in [2.05, 4.69) is 35.9 Å². The molecule has 1 aliphatic heterocycles. The number of piperazine rings is 1. The highest BCUT2D eigenvalue weighted by Gasteiger charge is 2.17. The van der Waals surface area contributed by atoms with E-state index in [-0.39, 0.29) is 0 Å². The minimum Gasteiger partial charge on any atom is -0.312 e. The maximum atomic E-state index is 4.72. The molecule has 1 aromatic rings. The predicted octanol–water partition coefficient (Wildman–Crippen LogP) is 1.70. The summed E-state index contributed by atoms with van der Waals surface area (Å²) in [5.41, 5.74) is 1.20. The zero-order valence-corrected chi connectivity index (χ0v) is 13.2. The van der Waals surface area contributed by atoms with E-state index in [1.807, 2.05) is 11.3 Å². The van der Waals surface area contributed by atoms with Gasteiger partial charge >= 0.3 is 0 Å². The van der Waals surface area contributed by atoms with Gasteiger partial charge < -0.3 is 10.2 Å². The van der Waals surface area contributed by atoms with E-state index >= 15 is 0 Å². The zero-order valence-electron chi connectivity index (χ0n) is 12.4. The molecule has 0 aliphatic carbocycles. The fourth-order valence-corrected chi connectivity index (χ4v) is 3.50. The van der Waals surface area contributed by atoms with E-state index in [4.69, 9.17) is 4.98 Å². The van der Waals surface area contributed by atoms with E-state index in [9.17, 15) is 0 Å². The first kappa shape index (κ1) is 14.9. The Morgan fingerprint density at radius 1 is 1.16 bits per heavy atom. The van der Waals surface area contributed by atoms with Crippen LogP contribution in [0.15, 0.2) is 0 Å². The molecule has 5 heteroatoms. The first-order valence-electron chi connectivity index (χ1n) is 7.33. The Labute approximate surface area is 120 Å². The monoisotopic (exact) mass is 282 g/mol. The van der Waals surface area contributed by atoms with Crippen LogP contribution in [0.25, 0.3) is 0 Å². The molecule has 108 valence electrons. The first-order valence-corrected chi connectivity index (χ1v) is 8.15.